The van der Waals surface area contributed by atoms with Crippen LogP contribution in [-0.4, -0.2) is 5.11 Å². The highest BCUT2D eigenvalue weighted by atomic mass is 16.3. The van der Waals surface area contributed by atoms with Gasteiger partial charge in [0.05, 0.1) is 12.6 Å². The lowest BCUT2D eigenvalue weighted by Gasteiger charge is -1.89. The van der Waals surface area contributed by atoms with Gasteiger partial charge in [0.15, 0.2) is 0 Å². The molecule has 1 N–H and O–H groups in total. The Labute approximate surface area is 53.7 Å². The first-order valence-corrected chi connectivity index (χ1v) is 2.46. The summed E-state index contributed by atoms with van der Waals surface area (Å²) in [4.78, 5) is 2.80. The fraction of sp³-hybridized carbons (Fsp3) is 0.333. The number of rotatable bonds is 1. The predicted octanol–water partition coefficient (Wildman–Crippen LogP) is 1.61. The lowest BCUT2D eigenvalue weighted by atomic mass is 10.3. The van der Waals surface area contributed by atoms with E-state index in [4.69, 9.17) is 16.9 Å². The predicted molar refractivity (Wildman–Crippen MR) is 32.2 cm³/mol. The van der Waals surface area contributed by atoms with Crippen LogP contribution in [0, 0.1) is 17.9 Å². The van der Waals surface area contributed by atoms with Crippen LogP contribution in [0.3, 0.4) is 0 Å². The molecule has 0 heterocycles. The summed E-state index contributed by atoms with van der Waals surface area (Å²) in [5.74, 6) is -0.132. The molecule has 0 bridgehead atoms. The van der Waals surface area contributed by atoms with Crippen molar-refractivity contribution in [2.24, 2.45) is 0 Å². The summed E-state index contributed by atoms with van der Waals surface area (Å²) in [5, 5.41) is 16.9. The molecule has 0 amide bonds. The van der Waals surface area contributed by atoms with Gasteiger partial charge in [-0.15, -0.1) is 0 Å². The highest BCUT2D eigenvalue weighted by molar-refractivity contribution is 5.29. The van der Waals surface area contributed by atoms with Crippen molar-refractivity contribution in [2.45, 2.75) is 13.3 Å². The second-order valence-electron chi connectivity index (χ2n) is 1.37. The third-order valence-electron chi connectivity index (χ3n) is 0.826. The maximum absolute atomic E-state index is 8.76. The Balaban J connectivity index is 4.49. The quantitative estimate of drug-likeness (QED) is 0.326. The minimum atomic E-state index is -0.211. The van der Waals surface area contributed by atoms with Gasteiger partial charge in [-0.2, -0.15) is 0 Å². The maximum Gasteiger partial charge on any atom is 0.298 e. The topological polar surface area (TPSA) is 48.4 Å². The van der Waals surface area contributed by atoms with Gasteiger partial charge in [0, 0.05) is 0 Å². The van der Waals surface area contributed by atoms with Crippen molar-refractivity contribution in [3.05, 3.63) is 22.9 Å². The number of allylic oxidation sites excluding steroid dienone is 2. The lowest BCUT2D eigenvalue weighted by Crippen LogP contribution is -1.81. The van der Waals surface area contributed by atoms with Gasteiger partial charge in [-0.1, -0.05) is 6.92 Å². The van der Waals surface area contributed by atoms with Gasteiger partial charge in [-0.25, -0.2) is 10.1 Å². The monoisotopic (exact) mass is 122 g/mol. The molecule has 0 atom stereocenters. The highest BCUT2D eigenvalue weighted by Gasteiger charge is 1.99. The Hall–Kier alpha value is -1.48. The molecule has 3 nitrogen and oxygen atoms in total. The molecule has 0 unspecified atom stereocenters. The third-order valence-corrected chi connectivity index (χ3v) is 0.826. The second kappa shape index (κ2) is 3.51. The highest BCUT2D eigenvalue weighted by Crippen LogP contribution is 2.04. The summed E-state index contributed by atoms with van der Waals surface area (Å²) >= 11 is 0. The van der Waals surface area contributed by atoms with Crippen molar-refractivity contribution in [3.8, 4) is 6.07 Å². The van der Waals surface area contributed by atoms with E-state index in [-0.39, 0.29) is 11.5 Å². The molecule has 0 radical (unpaired) electrons. The second-order valence-corrected chi connectivity index (χ2v) is 1.37. The molecule has 0 aromatic carbocycles. The largest absolute Gasteiger partial charge is 0.523 e. The molecule has 0 spiro atoms. The van der Waals surface area contributed by atoms with Gasteiger partial charge in [0.2, 0.25) is 0 Å². The van der Waals surface area contributed by atoms with E-state index in [9.17, 15) is 0 Å². The van der Waals surface area contributed by atoms with Crippen LogP contribution in [0.4, 0.5) is 0 Å². The molecular formula is C6H6N2O. The number of aliphatic hydroxyl groups is 1. The van der Waals surface area contributed by atoms with E-state index < -0.39 is 0 Å². The maximum atomic E-state index is 8.76. The van der Waals surface area contributed by atoms with Crippen LogP contribution in [0.2, 0.25) is 0 Å². The average Bonchev–Trinajstić information content (AvgIpc) is 1.90. The van der Waals surface area contributed by atoms with Gasteiger partial charge in [-0.05, 0) is 6.42 Å². The molecule has 0 saturated heterocycles. The lowest BCUT2D eigenvalue weighted by molar-refractivity contribution is 0.391. The van der Waals surface area contributed by atoms with Crippen LogP contribution in [0.15, 0.2) is 11.5 Å². The minimum absolute atomic E-state index is 0.132. The van der Waals surface area contributed by atoms with Gasteiger partial charge in [0.1, 0.15) is 5.76 Å². The average molecular weight is 122 g/mol. The Morgan fingerprint density at radius 1 is 1.89 bits per heavy atom. The van der Waals surface area contributed by atoms with E-state index in [1.165, 1.54) is 0 Å². The minimum Gasteiger partial charge on any atom is -0.523 e. The fourth-order valence-electron chi connectivity index (χ4n) is 0.322. The molecule has 0 aliphatic rings. The summed E-state index contributed by atoms with van der Waals surface area (Å²) < 4.78 is 0. The molecular weight excluding hydrogens is 116 g/mol. The molecule has 0 saturated carbocycles. The van der Waals surface area contributed by atoms with Crippen LogP contribution in [0.1, 0.15) is 13.3 Å². The van der Waals surface area contributed by atoms with Crippen LogP contribution in [-0.2, 0) is 0 Å². The van der Waals surface area contributed by atoms with Crippen molar-refractivity contribution in [1.82, 2.24) is 0 Å². The van der Waals surface area contributed by atoms with Gasteiger partial charge in [0.25, 0.3) is 5.70 Å². The van der Waals surface area contributed by atoms with Gasteiger partial charge in [-0.3, -0.25) is 0 Å². The Morgan fingerprint density at radius 3 is 2.56 bits per heavy atom. The van der Waals surface area contributed by atoms with Crippen molar-refractivity contribution in [3.63, 3.8) is 0 Å². The molecule has 0 aromatic rings. The van der Waals surface area contributed by atoms with Crippen LogP contribution in [0.5, 0.6) is 0 Å². The summed E-state index contributed by atoms with van der Waals surface area (Å²) in [6, 6.07) is 1.58. The number of nitrogens with zero attached hydrogens (tertiary/aromatic N) is 2. The zero-order chi connectivity index (χ0) is 7.28. The van der Waals surface area contributed by atoms with Crippen LogP contribution < -0.4 is 0 Å². The summed E-state index contributed by atoms with van der Waals surface area (Å²) in [7, 11) is 0. The third kappa shape index (κ3) is 1.84. The fourth-order valence-corrected chi connectivity index (χ4v) is 0.322. The summed E-state index contributed by atoms with van der Waals surface area (Å²) in [5.41, 5.74) is -0.211. The first kappa shape index (κ1) is 7.52. The molecule has 0 fully saturated rings. The first-order valence-electron chi connectivity index (χ1n) is 2.46. The Kier molecular flexibility index (Phi) is 2.94. The van der Waals surface area contributed by atoms with E-state index in [0.29, 0.717) is 6.42 Å². The van der Waals surface area contributed by atoms with E-state index in [1.807, 2.05) is 0 Å². The van der Waals surface area contributed by atoms with Crippen molar-refractivity contribution < 1.29 is 5.11 Å². The molecule has 3 heteroatoms. The number of hydrogen-bond acceptors (Lipinski definition) is 2. The van der Waals surface area contributed by atoms with E-state index in [0.717, 1.165) is 0 Å². The van der Waals surface area contributed by atoms with Crippen LogP contribution in [0.25, 0.3) is 4.85 Å². The van der Waals surface area contributed by atoms with Crippen LogP contribution >= 0.6 is 0 Å². The summed E-state index contributed by atoms with van der Waals surface area (Å²) in [6.07, 6.45) is 0.339. The smallest absolute Gasteiger partial charge is 0.298 e. The molecule has 0 aliphatic carbocycles. The van der Waals surface area contributed by atoms with E-state index in [2.05, 4.69) is 4.85 Å². The van der Waals surface area contributed by atoms with E-state index in [1.54, 1.807) is 13.0 Å². The zero-order valence-electron chi connectivity index (χ0n) is 5.05. The van der Waals surface area contributed by atoms with Gasteiger partial charge < -0.3 is 5.11 Å². The van der Waals surface area contributed by atoms with Gasteiger partial charge >= 0.3 is 0 Å². The number of nitriles is 1. The molecule has 9 heavy (non-hydrogen) atoms. The molecule has 0 rings (SSSR count). The van der Waals surface area contributed by atoms with E-state index >= 15 is 0 Å². The van der Waals surface area contributed by atoms with Crippen molar-refractivity contribution >= 4 is 0 Å². The van der Waals surface area contributed by atoms with Crippen molar-refractivity contribution in [1.29, 1.82) is 5.26 Å². The number of aliphatic hydroxyl groups excluding tert-OH is 1. The first-order chi connectivity index (χ1) is 4.26. The number of hydrogen-bond donors (Lipinski definition) is 1. The summed E-state index contributed by atoms with van der Waals surface area (Å²) in [6.45, 7) is 8.06. The zero-order valence-corrected chi connectivity index (χ0v) is 5.05. The standard InChI is InChI=1S/C6H6N2O/c1-3-6(9)5(4-7)8-2/h9H,3H2,1H3/b6-5+. The normalized spacial score (nSPS) is 11.0. The molecule has 46 valence electrons. The molecule has 0 aliphatic heterocycles. The molecule has 0 aromatic heterocycles. The SMILES string of the molecule is [C-]#[N+]/C(C#N)=C(/O)CC. The Bertz CT molecular complexity index is 188. The Morgan fingerprint density at radius 2 is 2.44 bits per heavy atom. The van der Waals surface area contributed by atoms with Crippen molar-refractivity contribution in [2.75, 3.05) is 0 Å².